The van der Waals surface area contributed by atoms with Crippen LogP contribution < -0.4 is 5.32 Å². The summed E-state index contributed by atoms with van der Waals surface area (Å²) in [7, 11) is 0. The molecule has 0 saturated carbocycles. The van der Waals surface area contributed by atoms with Crippen LogP contribution in [0, 0.1) is 17.7 Å². The third-order valence-corrected chi connectivity index (χ3v) is 6.96. The molecule has 2 aromatic carbocycles. The number of rotatable bonds is 6. The van der Waals surface area contributed by atoms with E-state index in [0.29, 0.717) is 19.5 Å². The Morgan fingerprint density at radius 2 is 1.75 bits per heavy atom. The van der Waals surface area contributed by atoms with Crippen LogP contribution in [0.4, 0.5) is 14.0 Å². The number of nitrogens with zero attached hydrogens (tertiary/aromatic N) is 2. The summed E-state index contributed by atoms with van der Waals surface area (Å²) in [4.78, 5) is 40.6. The quantitative estimate of drug-likeness (QED) is 0.622. The van der Waals surface area contributed by atoms with Gasteiger partial charge in [-0.3, -0.25) is 9.69 Å². The fourth-order valence-corrected chi connectivity index (χ4v) is 5.10. The van der Waals surface area contributed by atoms with Crippen molar-refractivity contribution in [1.29, 1.82) is 0 Å². The first-order chi connectivity index (χ1) is 17.4. The summed E-state index contributed by atoms with van der Waals surface area (Å²) in [6.07, 6.45) is 0.556. The number of benzene rings is 2. The minimum atomic E-state index is -1.15. The van der Waals surface area contributed by atoms with E-state index in [2.05, 4.69) is 5.32 Å². The fourth-order valence-electron chi connectivity index (χ4n) is 5.10. The lowest BCUT2D eigenvalue weighted by Gasteiger charge is -2.40. The maximum absolute atomic E-state index is 13.4. The normalized spacial score (nSPS) is 22.1. The molecule has 192 valence electrons. The lowest BCUT2D eigenvalue weighted by molar-refractivity contribution is -0.139. The third kappa shape index (κ3) is 6.74. The van der Waals surface area contributed by atoms with E-state index in [0.717, 1.165) is 35.3 Å². The largest absolute Gasteiger partial charge is 0.465 e. The molecule has 2 aliphatic heterocycles. The zero-order chi connectivity index (χ0) is 25.5. The van der Waals surface area contributed by atoms with E-state index < -0.39 is 18.4 Å². The molecule has 9 heteroatoms. The second kappa shape index (κ2) is 11.9. The summed E-state index contributed by atoms with van der Waals surface area (Å²) in [6.45, 7) is 1.50. The van der Waals surface area contributed by atoms with Crippen LogP contribution in [-0.4, -0.2) is 58.8 Å². The number of alkyl carbamates (subject to hydrolysis) is 1. The molecule has 8 nitrogen and oxygen atoms in total. The van der Waals surface area contributed by atoms with E-state index >= 15 is 0 Å². The van der Waals surface area contributed by atoms with Gasteiger partial charge in [0.1, 0.15) is 18.6 Å². The second-order valence-corrected chi connectivity index (χ2v) is 9.54. The lowest BCUT2D eigenvalue weighted by Crippen LogP contribution is -2.57. The Kier molecular flexibility index (Phi) is 8.40. The Labute approximate surface area is 210 Å². The molecule has 3 unspecified atom stereocenters. The first kappa shape index (κ1) is 25.5. The molecular weight excluding hydrogens is 465 g/mol. The molecule has 2 aromatic rings. The maximum atomic E-state index is 13.4. The Bertz CT molecular complexity index is 1050. The smallest absolute Gasteiger partial charge is 0.409 e. The minimum absolute atomic E-state index is 0.00621. The monoisotopic (exact) mass is 497 g/mol. The molecule has 0 radical (unpaired) electrons. The van der Waals surface area contributed by atoms with Crippen molar-refractivity contribution in [2.45, 2.75) is 44.9 Å². The van der Waals surface area contributed by atoms with Gasteiger partial charge in [0.15, 0.2) is 0 Å². The summed E-state index contributed by atoms with van der Waals surface area (Å²) >= 11 is 0. The van der Waals surface area contributed by atoms with Gasteiger partial charge in [-0.15, -0.1) is 0 Å². The Balaban J connectivity index is 1.33. The summed E-state index contributed by atoms with van der Waals surface area (Å²) in [5.74, 6) is -0.369. The van der Waals surface area contributed by atoms with Crippen molar-refractivity contribution in [2.24, 2.45) is 11.8 Å². The molecule has 0 aliphatic carbocycles. The number of hydrogen-bond donors (Lipinski definition) is 2. The van der Waals surface area contributed by atoms with E-state index in [4.69, 9.17) is 4.74 Å². The second-order valence-electron chi connectivity index (χ2n) is 9.54. The molecule has 36 heavy (non-hydrogen) atoms. The third-order valence-electron chi connectivity index (χ3n) is 6.96. The highest BCUT2D eigenvalue weighted by Crippen LogP contribution is 2.28. The predicted molar refractivity (Wildman–Crippen MR) is 130 cm³/mol. The van der Waals surface area contributed by atoms with Crippen molar-refractivity contribution in [2.75, 3.05) is 19.6 Å². The van der Waals surface area contributed by atoms with E-state index in [1.807, 2.05) is 35.2 Å². The molecule has 0 bridgehead atoms. The SMILES string of the molecule is O=C(NC1CC(C(=O)N2CCCC(Cc3ccc(F)cc3)C2)CCN1C(=O)O)OCc1ccccc1. The number of halogens is 1. The Hall–Kier alpha value is -3.62. The number of amides is 3. The van der Waals surface area contributed by atoms with Crippen molar-refractivity contribution in [3.8, 4) is 0 Å². The van der Waals surface area contributed by atoms with Gasteiger partial charge in [-0.25, -0.2) is 14.0 Å². The van der Waals surface area contributed by atoms with Gasteiger partial charge >= 0.3 is 12.2 Å². The van der Waals surface area contributed by atoms with E-state index in [-0.39, 0.29) is 43.1 Å². The van der Waals surface area contributed by atoms with Crippen LogP contribution in [0.1, 0.15) is 36.8 Å². The summed E-state index contributed by atoms with van der Waals surface area (Å²) < 4.78 is 18.5. The van der Waals surface area contributed by atoms with Crippen LogP contribution in [0.25, 0.3) is 0 Å². The molecule has 4 rings (SSSR count). The molecule has 2 fully saturated rings. The summed E-state index contributed by atoms with van der Waals surface area (Å²) in [5.41, 5.74) is 1.86. The topological polar surface area (TPSA) is 99.2 Å². The first-order valence-corrected chi connectivity index (χ1v) is 12.4. The molecule has 3 atom stereocenters. The van der Waals surface area contributed by atoms with Gasteiger partial charge in [0.25, 0.3) is 0 Å². The van der Waals surface area contributed by atoms with E-state index in [9.17, 15) is 23.9 Å². The molecule has 2 saturated heterocycles. The molecule has 2 aliphatic rings. The van der Waals surface area contributed by atoms with Gasteiger partial charge in [-0.1, -0.05) is 42.5 Å². The molecule has 0 aromatic heterocycles. The molecular formula is C27H32FN3O5. The van der Waals surface area contributed by atoms with Gasteiger partial charge in [0.2, 0.25) is 5.91 Å². The number of carbonyl (C=O) groups is 3. The Morgan fingerprint density at radius 3 is 2.47 bits per heavy atom. The average Bonchev–Trinajstić information content (AvgIpc) is 2.89. The number of carboxylic acid groups (broad SMARTS) is 1. The maximum Gasteiger partial charge on any atom is 0.409 e. The highest BCUT2D eigenvalue weighted by Gasteiger charge is 2.38. The van der Waals surface area contributed by atoms with Crippen molar-refractivity contribution >= 4 is 18.1 Å². The van der Waals surface area contributed by atoms with Gasteiger partial charge in [0.05, 0.1) is 0 Å². The van der Waals surface area contributed by atoms with Crippen molar-refractivity contribution < 1.29 is 28.6 Å². The van der Waals surface area contributed by atoms with Gasteiger partial charge in [0, 0.05) is 25.6 Å². The van der Waals surface area contributed by atoms with Crippen LogP contribution in [0.3, 0.4) is 0 Å². The summed E-state index contributed by atoms with van der Waals surface area (Å²) in [6, 6.07) is 15.7. The molecule has 2 N–H and O–H groups in total. The van der Waals surface area contributed by atoms with Crippen LogP contribution in [0.15, 0.2) is 54.6 Å². The first-order valence-electron chi connectivity index (χ1n) is 12.4. The zero-order valence-electron chi connectivity index (χ0n) is 20.1. The number of hydrogen-bond acceptors (Lipinski definition) is 4. The molecule has 2 heterocycles. The van der Waals surface area contributed by atoms with E-state index in [1.54, 1.807) is 12.1 Å². The number of ether oxygens (including phenoxy) is 1. The van der Waals surface area contributed by atoms with Crippen LogP contribution >= 0.6 is 0 Å². The van der Waals surface area contributed by atoms with Gasteiger partial charge < -0.3 is 20.1 Å². The number of carbonyl (C=O) groups excluding carboxylic acids is 2. The standard InChI is InChI=1S/C27H32FN3O5/c28-23-10-8-19(9-11-23)15-21-7-4-13-30(17-21)25(32)22-12-14-31(27(34)35)24(16-22)29-26(33)36-18-20-5-2-1-3-6-20/h1-3,5-6,8-11,21-22,24H,4,7,12-18H2,(H,29,33)(H,34,35). The number of nitrogens with one attached hydrogen (secondary N) is 1. The molecule has 3 amide bonds. The van der Waals surface area contributed by atoms with Gasteiger partial charge in [-0.05, 0) is 61.3 Å². The van der Waals surface area contributed by atoms with Crippen molar-refractivity contribution in [1.82, 2.24) is 15.1 Å². The fraction of sp³-hybridized carbons (Fsp3) is 0.444. The zero-order valence-corrected chi connectivity index (χ0v) is 20.1. The van der Waals surface area contributed by atoms with Gasteiger partial charge in [-0.2, -0.15) is 0 Å². The highest BCUT2D eigenvalue weighted by atomic mass is 19.1. The molecule has 0 spiro atoms. The van der Waals surface area contributed by atoms with Crippen LogP contribution in [-0.2, 0) is 22.6 Å². The average molecular weight is 498 g/mol. The predicted octanol–water partition coefficient (Wildman–Crippen LogP) is 4.25. The van der Waals surface area contributed by atoms with Crippen molar-refractivity contribution in [3.63, 3.8) is 0 Å². The van der Waals surface area contributed by atoms with Crippen LogP contribution in [0.2, 0.25) is 0 Å². The van der Waals surface area contributed by atoms with Crippen molar-refractivity contribution in [3.05, 3.63) is 71.5 Å². The minimum Gasteiger partial charge on any atom is -0.465 e. The Morgan fingerprint density at radius 1 is 1.00 bits per heavy atom. The highest BCUT2D eigenvalue weighted by molar-refractivity contribution is 5.80. The van der Waals surface area contributed by atoms with E-state index in [1.165, 1.54) is 12.1 Å². The number of piperidine rings is 2. The number of likely N-dealkylation sites (tertiary alicyclic amines) is 2. The summed E-state index contributed by atoms with van der Waals surface area (Å²) in [5, 5.41) is 12.2. The lowest BCUT2D eigenvalue weighted by atomic mass is 9.88. The van der Waals surface area contributed by atoms with Crippen LogP contribution in [0.5, 0.6) is 0 Å².